The molecule has 3 aliphatic rings. The lowest BCUT2D eigenvalue weighted by Crippen LogP contribution is -2.49. The third kappa shape index (κ3) is 6.47. The number of halogens is 2. The highest BCUT2D eigenvalue weighted by Crippen LogP contribution is 2.63. The van der Waals surface area contributed by atoms with Crippen molar-refractivity contribution in [1.82, 2.24) is 9.80 Å². The summed E-state index contributed by atoms with van der Waals surface area (Å²) in [5.41, 5.74) is 1.58. The zero-order chi connectivity index (χ0) is 29.4. The number of nitrogens with one attached hydrogen (secondary N) is 1. The van der Waals surface area contributed by atoms with Gasteiger partial charge >= 0.3 is 12.1 Å². The smallest absolute Gasteiger partial charge is 0.410 e. The maximum atomic E-state index is 13.9. The van der Waals surface area contributed by atoms with Crippen molar-refractivity contribution in [2.45, 2.75) is 76.4 Å². The SMILES string of the molecule is CC(C)(C)OC(=O)N1CCC(CN(C(=O)Nc2ccc(F)c(F)c2)C2CC[C@]3(c4cccc(C#N)c4)C[C@H]3C2)CC1. The van der Waals surface area contributed by atoms with E-state index in [9.17, 15) is 23.6 Å². The van der Waals surface area contributed by atoms with Gasteiger partial charge in [0.15, 0.2) is 11.6 Å². The molecule has 3 atom stereocenters. The standard InChI is InChI=1S/C32H38F2N4O3/c1-31(2,3)41-30(40)37-13-10-21(11-14-37)20-38(29(39)36-25-7-8-27(33)28(34)17-25)26-9-12-32(18-24(32)16-26)23-6-4-5-22(15-23)19-35/h4-8,15,17,21,24,26H,9-14,16,18,20H2,1-3H3,(H,36,39)/t24-,26?,32-/m1/s1. The van der Waals surface area contributed by atoms with Crippen LogP contribution in [0, 0.1) is 34.8 Å². The molecule has 3 amide bonds. The molecule has 1 aliphatic heterocycles. The van der Waals surface area contributed by atoms with E-state index in [0.29, 0.717) is 31.1 Å². The van der Waals surface area contributed by atoms with Crippen molar-refractivity contribution < 1.29 is 23.1 Å². The molecular formula is C32H38F2N4O3. The third-order valence-corrected chi connectivity index (χ3v) is 8.87. The largest absolute Gasteiger partial charge is 0.444 e. The Morgan fingerprint density at radius 1 is 1.12 bits per heavy atom. The topological polar surface area (TPSA) is 85.7 Å². The molecule has 41 heavy (non-hydrogen) atoms. The summed E-state index contributed by atoms with van der Waals surface area (Å²) >= 11 is 0. The molecule has 2 aliphatic carbocycles. The summed E-state index contributed by atoms with van der Waals surface area (Å²) in [6.07, 6.45) is 4.79. The molecular weight excluding hydrogens is 526 g/mol. The van der Waals surface area contributed by atoms with Crippen LogP contribution in [0.15, 0.2) is 42.5 Å². The Balaban J connectivity index is 1.28. The molecule has 7 nitrogen and oxygen atoms in total. The van der Waals surface area contributed by atoms with Crippen LogP contribution in [0.25, 0.3) is 0 Å². The van der Waals surface area contributed by atoms with Gasteiger partial charge in [0.25, 0.3) is 0 Å². The number of piperidine rings is 1. The van der Waals surface area contributed by atoms with Crippen LogP contribution in [0.5, 0.6) is 0 Å². The van der Waals surface area contributed by atoms with Gasteiger partial charge in [0.05, 0.1) is 11.6 Å². The number of carbonyl (C=O) groups excluding carboxylic acids is 2. The van der Waals surface area contributed by atoms with Gasteiger partial charge in [0.2, 0.25) is 0 Å². The Morgan fingerprint density at radius 3 is 2.54 bits per heavy atom. The van der Waals surface area contributed by atoms with E-state index >= 15 is 0 Å². The Bertz CT molecular complexity index is 1350. The van der Waals surface area contributed by atoms with E-state index in [1.54, 1.807) is 4.90 Å². The lowest BCUT2D eigenvalue weighted by molar-refractivity contribution is 0.0166. The van der Waals surface area contributed by atoms with Gasteiger partial charge in [-0.2, -0.15) is 5.26 Å². The second kappa shape index (κ2) is 11.3. The van der Waals surface area contributed by atoms with E-state index in [1.807, 2.05) is 43.9 Å². The van der Waals surface area contributed by atoms with E-state index in [2.05, 4.69) is 17.5 Å². The number of anilines is 1. The normalized spacial score (nSPS) is 24.1. The van der Waals surface area contributed by atoms with Gasteiger partial charge in [-0.15, -0.1) is 0 Å². The minimum atomic E-state index is -1.01. The lowest BCUT2D eigenvalue weighted by Gasteiger charge is -2.40. The molecule has 2 aromatic rings. The van der Waals surface area contributed by atoms with Gasteiger partial charge < -0.3 is 19.9 Å². The second-order valence-corrected chi connectivity index (χ2v) is 12.8. The molecule has 0 radical (unpaired) electrons. The highest BCUT2D eigenvalue weighted by molar-refractivity contribution is 5.89. The van der Waals surface area contributed by atoms with Gasteiger partial charge in [-0.25, -0.2) is 18.4 Å². The van der Waals surface area contributed by atoms with Crippen molar-refractivity contribution in [3.05, 3.63) is 65.2 Å². The molecule has 0 aromatic heterocycles. The predicted molar refractivity (Wildman–Crippen MR) is 151 cm³/mol. The molecule has 9 heteroatoms. The Kier molecular flexibility index (Phi) is 7.95. The number of benzene rings is 2. The number of hydrogen-bond donors (Lipinski definition) is 1. The molecule has 0 spiro atoms. The number of hydrogen-bond acceptors (Lipinski definition) is 4. The Morgan fingerprint density at radius 2 is 1.88 bits per heavy atom. The lowest BCUT2D eigenvalue weighted by atomic mass is 9.79. The fraction of sp³-hybridized carbons (Fsp3) is 0.531. The van der Waals surface area contributed by atoms with E-state index in [4.69, 9.17) is 4.74 Å². The first kappa shape index (κ1) is 28.8. The highest BCUT2D eigenvalue weighted by atomic mass is 19.2. The van der Waals surface area contributed by atoms with Crippen LogP contribution in [0.1, 0.15) is 70.4 Å². The van der Waals surface area contributed by atoms with Crippen molar-refractivity contribution >= 4 is 17.8 Å². The van der Waals surface area contributed by atoms with Crippen LogP contribution in [0.4, 0.5) is 24.1 Å². The van der Waals surface area contributed by atoms with Crippen molar-refractivity contribution in [3.63, 3.8) is 0 Å². The number of amides is 3. The van der Waals surface area contributed by atoms with Crippen molar-refractivity contribution in [1.29, 1.82) is 5.26 Å². The number of fused-ring (bicyclic) bond motifs is 1. The third-order valence-electron chi connectivity index (χ3n) is 8.87. The van der Waals surface area contributed by atoms with Crippen LogP contribution in [0.2, 0.25) is 0 Å². The zero-order valence-electron chi connectivity index (χ0n) is 24.0. The Labute approximate surface area is 240 Å². The van der Waals surface area contributed by atoms with Crippen molar-refractivity contribution in [2.24, 2.45) is 11.8 Å². The van der Waals surface area contributed by atoms with Crippen LogP contribution in [-0.2, 0) is 10.2 Å². The van der Waals surface area contributed by atoms with E-state index in [-0.39, 0.29) is 35.2 Å². The van der Waals surface area contributed by atoms with Crippen LogP contribution in [0.3, 0.4) is 0 Å². The predicted octanol–water partition coefficient (Wildman–Crippen LogP) is 6.83. The number of urea groups is 1. The number of nitrogens with zero attached hydrogens (tertiary/aromatic N) is 3. The fourth-order valence-corrected chi connectivity index (χ4v) is 6.62. The molecule has 0 bridgehead atoms. The van der Waals surface area contributed by atoms with Crippen molar-refractivity contribution in [3.8, 4) is 6.07 Å². The molecule has 3 fully saturated rings. The molecule has 1 unspecified atom stereocenters. The maximum Gasteiger partial charge on any atom is 0.410 e. The average molecular weight is 565 g/mol. The van der Waals surface area contributed by atoms with E-state index in [1.165, 1.54) is 11.6 Å². The van der Waals surface area contributed by atoms with Gasteiger partial charge in [0.1, 0.15) is 5.60 Å². The van der Waals surface area contributed by atoms with E-state index < -0.39 is 17.2 Å². The van der Waals surface area contributed by atoms with Crippen LogP contribution >= 0.6 is 0 Å². The first-order valence-corrected chi connectivity index (χ1v) is 14.5. The molecule has 1 heterocycles. The number of nitriles is 1. The number of rotatable bonds is 5. The summed E-state index contributed by atoms with van der Waals surface area (Å²) in [5.74, 6) is -1.36. The average Bonchev–Trinajstić information content (AvgIpc) is 3.68. The molecule has 5 rings (SSSR count). The van der Waals surface area contributed by atoms with Gasteiger partial charge in [-0.05, 0) is 106 Å². The fourth-order valence-electron chi connectivity index (χ4n) is 6.62. The first-order chi connectivity index (χ1) is 19.5. The number of likely N-dealkylation sites (tertiary alicyclic amines) is 1. The maximum absolute atomic E-state index is 13.9. The van der Waals surface area contributed by atoms with Crippen LogP contribution < -0.4 is 5.32 Å². The van der Waals surface area contributed by atoms with Gasteiger partial charge in [-0.1, -0.05) is 12.1 Å². The molecule has 1 N–H and O–H groups in total. The molecule has 1 saturated heterocycles. The molecule has 2 aromatic carbocycles. The number of carbonyl (C=O) groups is 2. The van der Waals surface area contributed by atoms with Gasteiger partial charge in [0, 0.05) is 37.4 Å². The summed E-state index contributed by atoms with van der Waals surface area (Å²) in [6.45, 7) is 7.18. The van der Waals surface area contributed by atoms with Crippen molar-refractivity contribution in [2.75, 3.05) is 25.0 Å². The zero-order valence-corrected chi connectivity index (χ0v) is 24.0. The monoisotopic (exact) mass is 564 g/mol. The quantitative estimate of drug-likeness (QED) is 0.432. The highest BCUT2D eigenvalue weighted by Gasteiger charge is 2.58. The summed E-state index contributed by atoms with van der Waals surface area (Å²) in [4.78, 5) is 29.8. The number of ether oxygens (including phenoxy) is 1. The second-order valence-electron chi connectivity index (χ2n) is 12.8. The summed E-state index contributed by atoms with van der Waals surface area (Å²) in [7, 11) is 0. The first-order valence-electron chi connectivity index (χ1n) is 14.5. The minimum absolute atomic E-state index is 0.00366. The summed E-state index contributed by atoms with van der Waals surface area (Å²) < 4.78 is 32.9. The Hall–Kier alpha value is -3.67. The minimum Gasteiger partial charge on any atom is -0.444 e. The molecule has 2 saturated carbocycles. The van der Waals surface area contributed by atoms with Gasteiger partial charge in [-0.3, -0.25) is 0 Å². The summed E-state index contributed by atoms with van der Waals surface area (Å²) in [5, 5.41) is 12.2. The molecule has 218 valence electrons. The van der Waals surface area contributed by atoms with E-state index in [0.717, 1.165) is 50.7 Å². The summed E-state index contributed by atoms with van der Waals surface area (Å²) in [6, 6.07) is 13.1. The van der Waals surface area contributed by atoms with Crippen LogP contribution in [-0.4, -0.2) is 53.2 Å².